The first-order valence-electron chi connectivity index (χ1n) is 18.7. The monoisotopic (exact) mass is 686 g/mol. The topological polar surface area (TPSA) is 65.2 Å². The molecular formula is C48H50N2O2. The number of aliphatic imine (C=N–C) groups is 2. The zero-order valence-corrected chi connectivity index (χ0v) is 31.3. The van der Waals surface area contributed by atoms with Crippen LogP contribution in [0.15, 0.2) is 119 Å². The van der Waals surface area contributed by atoms with Crippen molar-refractivity contribution in [3.05, 3.63) is 131 Å². The number of phenolic OH excluding ortho intramolecular Hbond substituents is 2. The zero-order chi connectivity index (χ0) is 36.6. The summed E-state index contributed by atoms with van der Waals surface area (Å²) in [5, 5.41) is 28.1. The summed E-state index contributed by atoms with van der Waals surface area (Å²) in [7, 11) is 0. The van der Waals surface area contributed by atoms with E-state index < -0.39 is 0 Å². The Labute approximate surface area is 308 Å². The SMILES string of the molecule is CC(C)(C)c1cc(/C=N/[C@@H]2CCCC[C@H]2/N=C/c2cc(C(C)(C)C)cc(-c3cccc4ccccc34)c2O)c(O)c(-c2cccc3ccccc23)c1. The molecule has 0 spiro atoms. The van der Waals surface area contributed by atoms with Crippen molar-refractivity contribution in [2.24, 2.45) is 9.98 Å². The van der Waals surface area contributed by atoms with Crippen LogP contribution < -0.4 is 0 Å². The van der Waals surface area contributed by atoms with Crippen molar-refractivity contribution in [3.63, 3.8) is 0 Å². The number of hydrogen-bond donors (Lipinski definition) is 2. The molecule has 0 amide bonds. The van der Waals surface area contributed by atoms with Gasteiger partial charge in [0, 0.05) is 34.7 Å². The lowest BCUT2D eigenvalue weighted by molar-refractivity contribution is 0.390. The normalized spacial score (nSPS) is 17.1. The minimum Gasteiger partial charge on any atom is -0.507 e. The van der Waals surface area contributed by atoms with E-state index in [1.54, 1.807) is 0 Å². The van der Waals surface area contributed by atoms with E-state index in [0.29, 0.717) is 0 Å². The van der Waals surface area contributed by atoms with Gasteiger partial charge in [0.25, 0.3) is 0 Å². The Morgan fingerprint density at radius 1 is 0.500 bits per heavy atom. The maximum Gasteiger partial charge on any atom is 0.132 e. The summed E-state index contributed by atoms with van der Waals surface area (Å²) in [5.74, 6) is 0.489. The van der Waals surface area contributed by atoms with E-state index in [-0.39, 0.29) is 34.4 Å². The molecule has 6 aromatic rings. The van der Waals surface area contributed by atoms with Crippen LogP contribution in [-0.4, -0.2) is 34.7 Å². The van der Waals surface area contributed by atoms with Crippen molar-refractivity contribution in [1.29, 1.82) is 0 Å². The Morgan fingerprint density at radius 2 is 0.885 bits per heavy atom. The number of benzene rings is 6. The van der Waals surface area contributed by atoms with Crippen LogP contribution in [0.2, 0.25) is 0 Å². The van der Waals surface area contributed by atoms with Gasteiger partial charge in [0.1, 0.15) is 11.5 Å². The van der Waals surface area contributed by atoms with Gasteiger partial charge in [-0.3, -0.25) is 9.98 Å². The second-order valence-electron chi connectivity index (χ2n) is 16.5. The lowest BCUT2D eigenvalue weighted by Crippen LogP contribution is -2.27. The second kappa shape index (κ2) is 14.1. The number of rotatable bonds is 6. The first-order chi connectivity index (χ1) is 24.9. The van der Waals surface area contributed by atoms with E-state index >= 15 is 0 Å². The van der Waals surface area contributed by atoms with E-state index in [9.17, 15) is 10.2 Å². The molecule has 1 fully saturated rings. The highest BCUT2D eigenvalue weighted by atomic mass is 16.3. The molecule has 0 aliphatic heterocycles. The molecule has 0 aromatic heterocycles. The smallest absolute Gasteiger partial charge is 0.132 e. The van der Waals surface area contributed by atoms with E-state index in [0.717, 1.165) is 91.7 Å². The molecule has 7 rings (SSSR count). The Hall–Kier alpha value is -5.22. The summed E-state index contributed by atoms with van der Waals surface area (Å²) < 4.78 is 0. The zero-order valence-electron chi connectivity index (χ0n) is 31.3. The standard InChI is InChI=1S/C48H50N2O2/c1-47(2,3)35-25-33(45(51)41(27-35)39-21-13-17-31-15-7-9-19-37(31)39)29-49-43-23-11-12-24-44(43)50-30-34-26-36(48(4,5)6)28-42(46(34)52)40-22-14-18-32-16-8-10-20-38(32)40/h7-10,13-22,25-30,43-44,51-52H,11-12,23-24H2,1-6H3/b49-29+,50-30+/t43-,44-/m1/s1. The van der Waals surface area contributed by atoms with Crippen LogP contribution in [0.5, 0.6) is 11.5 Å². The number of fused-ring (bicyclic) bond motifs is 2. The Bertz CT molecular complexity index is 2140. The molecule has 52 heavy (non-hydrogen) atoms. The first kappa shape index (κ1) is 35.2. The Balaban J connectivity index is 1.25. The molecule has 0 saturated heterocycles. The van der Waals surface area contributed by atoms with Crippen molar-refractivity contribution >= 4 is 34.0 Å². The van der Waals surface area contributed by atoms with Gasteiger partial charge in [-0.1, -0.05) is 139 Å². The van der Waals surface area contributed by atoms with E-state index in [1.807, 2.05) is 36.7 Å². The highest BCUT2D eigenvalue weighted by Gasteiger charge is 2.26. The maximum atomic E-state index is 11.8. The molecule has 2 N–H and O–H groups in total. The van der Waals surface area contributed by atoms with Gasteiger partial charge < -0.3 is 10.2 Å². The fourth-order valence-electron chi connectivity index (χ4n) is 7.50. The predicted molar refractivity (Wildman–Crippen MR) is 221 cm³/mol. The van der Waals surface area contributed by atoms with Crippen molar-refractivity contribution in [3.8, 4) is 33.8 Å². The average molecular weight is 687 g/mol. The van der Waals surface area contributed by atoms with Gasteiger partial charge in [-0.15, -0.1) is 0 Å². The molecule has 6 aromatic carbocycles. The van der Waals surface area contributed by atoms with Gasteiger partial charge >= 0.3 is 0 Å². The summed E-state index contributed by atoms with van der Waals surface area (Å²) in [5.41, 5.74) is 7.14. The summed E-state index contributed by atoms with van der Waals surface area (Å²) >= 11 is 0. The predicted octanol–water partition coefficient (Wildman–Crippen LogP) is 12.2. The van der Waals surface area contributed by atoms with E-state index in [1.165, 1.54) is 0 Å². The highest BCUT2D eigenvalue weighted by Crippen LogP contribution is 2.41. The van der Waals surface area contributed by atoms with Gasteiger partial charge in [0.05, 0.1) is 12.1 Å². The van der Waals surface area contributed by atoms with Crippen molar-refractivity contribution in [2.75, 3.05) is 0 Å². The maximum absolute atomic E-state index is 11.8. The quantitative estimate of drug-likeness (QED) is 0.171. The van der Waals surface area contributed by atoms with Crippen molar-refractivity contribution in [1.82, 2.24) is 0 Å². The number of aromatic hydroxyl groups is 2. The fourth-order valence-corrected chi connectivity index (χ4v) is 7.50. The summed E-state index contributed by atoms with van der Waals surface area (Å²) in [4.78, 5) is 10.3. The molecule has 2 atom stereocenters. The molecule has 4 nitrogen and oxygen atoms in total. The molecule has 0 unspecified atom stereocenters. The van der Waals surface area contributed by atoms with Gasteiger partial charge in [0.15, 0.2) is 0 Å². The third-order valence-corrected chi connectivity index (χ3v) is 10.7. The Kier molecular flexibility index (Phi) is 9.52. The summed E-state index contributed by atoms with van der Waals surface area (Å²) in [6, 6.07) is 37.5. The lowest BCUT2D eigenvalue weighted by atomic mass is 9.83. The fraction of sp³-hybridized carbons (Fsp3) is 0.292. The molecule has 0 heterocycles. The summed E-state index contributed by atoms with van der Waals surface area (Å²) in [6.07, 6.45) is 7.74. The molecule has 1 saturated carbocycles. The second-order valence-corrected chi connectivity index (χ2v) is 16.5. The van der Waals surface area contributed by atoms with Crippen LogP contribution >= 0.6 is 0 Å². The molecule has 264 valence electrons. The van der Waals surface area contributed by atoms with Crippen molar-refractivity contribution < 1.29 is 10.2 Å². The molecule has 0 radical (unpaired) electrons. The highest BCUT2D eigenvalue weighted by molar-refractivity contribution is 6.01. The number of nitrogens with zero attached hydrogens (tertiary/aromatic N) is 2. The average Bonchev–Trinajstić information content (AvgIpc) is 3.13. The van der Waals surface area contributed by atoms with Gasteiger partial charge in [0.2, 0.25) is 0 Å². The Morgan fingerprint density at radius 3 is 1.29 bits per heavy atom. The van der Waals surface area contributed by atoms with Crippen molar-refractivity contribution in [2.45, 2.75) is 90.1 Å². The van der Waals surface area contributed by atoms with Gasteiger partial charge in [-0.2, -0.15) is 0 Å². The lowest BCUT2D eigenvalue weighted by Gasteiger charge is -2.26. The van der Waals surface area contributed by atoms with Crippen LogP contribution in [0.1, 0.15) is 89.5 Å². The molecule has 1 aliphatic carbocycles. The van der Waals surface area contributed by atoms with Gasteiger partial charge in [-0.25, -0.2) is 0 Å². The molecular weight excluding hydrogens is 637 g/mol. The third-order valence-electron chi connectivity index (χ3n) is 10.7. The largest absolute Gasteiger partial charge is 0.507 e. The van der Waals surface area contributed by atoms with Crippen LogP contribution in [0.4, 0.5) is 0 Å². The minimum absolute atomic E-state index is 0.0332. The number of phenols is 2. The minimum atomic E-state index is -0.123. The van der Waals surface area contributed by atoms with Crippen LogP contribution in [0.25, 0.3) is 43.8 Å². The summed E-state index contributed by atoms with van der Waals surface area (Å²) in [6.45, 7) is 13.2. The molecule has 0 bridgehead atoms. The third kappa shape index (κ3) is 7.12. The molecule has 1 aliphatic rings. The van der Waals surface area contributed by atoms with Gasteiger partial charge in [-0.05, 0) is 91.7 Å². The van der Waals surface area contributed by atoms with E-state index in [4.69, 9.17) is 9.98 Å². The molecule has 4 heteroatoms. The van der Waals surface area contributed by atoms with Crippen LogP contribution in [0, 0.1) is 0 Å². The van der Waals surface area contributed by atoms with E-state index in [2.05, 4.69) is 126 Å². The van der Waals surface area contributed by atoms with Crippen LogP contribution in [-0.2, 0) is 10.8 Å². The first-order valence-corrected chi connectivity index (χ1v) is 18.7. The number of hydrogen-bond acceptors (Lipinski definition) is 4. The van der Waals surface area contributed by atoms with Crippen LogP contribution in [0.3, 0.4) is 0 Å².